The zero-order valence-electron chi connectivity index (χ0n) is 10.4. The Balaban J connectivity index is 2.93. The minimum absolute atomic E-state index is 0.387. The molecule has 0 bridgehead atoms. The Bertz CT molecular complexity index is 461. The van der Waals surface area contributed by atoms with E-state index < -0.39 is 11.5 Å². The number of carbonyl (C=O) groups excluding carboxylic acids is 1. The van der Waals surface area contributed by atoms with Crippen LogP contribution in [0.2, 0.25) is 0 Å². The van der Waals surface area contributed by atoms with Gasteiger partial charge in [-0.05, 0) is 41.4 Å². The van der Waals surface area contributed by atoms with E-state index in [0.717, 1.165) is 0 Å². The van der Waals surface area contributed by atoms with Crippen molar-refractivity contribution >= 4 is 27.8 Å². The van der Waals surface area contributed by atoms with Gasteiger partial charge in [-0.2, -0.15) is 0 Å². The standard InChI is InChI=1S/C13H16BrNO3/c1-3-8-13(2,12(17)18)15-11(16)9-6-4-5-7-10(9)14/h4-7H,3,8H2,1-2H3,(H,15,16)(H,17,18). The summed E-state index contributed by atoms with van der Waals surface area (Å²) in [5.74, 6) is -1.41. The molecule has 1 atom stereocenters. The monoisotopic (exact) mass is 313 g/mol. The smallest absolute Gasteiger partial charge is 0.329 e. The van der Waals surface area contributed by atoms with Gasteiger partial charge in [0.05, 0.1) is 5.56 Å². The summed E-state index contributed by atoms with van der Waals surface area (Å²) in [6, 6.07) is 6.92. The highest BCUT2D eigenvalue weighted by Crippen LogP contribution is 2.18. The van der Waals surface area contributed by atoms with Gasteiger partial charge in [-0.15, -0.1) is 0 Å². The summed E-state index contributed by atoms with van der Waals surface area (Å²) >= 11 is 3.27. The number of hydrogen-bond donors (Lipinski definition) is 2. The Morgan fingerprint density at radius 3 is 2.50 bits per heavy atom. The number of halogens is 1. The number of rotatable bonds is 5. The van der Waals surface area contributed by atoms with Crippen LogP contribution in [-0.4, -0.2) is 22.5 Å². The number of benzene rings is 1. The molecule has 0 heterocycles. The highest BCUT2D eigenvalue weighted by molar-refractivity contribution is 9.10. The molecule has 1 rings (SSSR count). The maximum absolute atomic E-state index is 12.1. The summed E-state index contributed by atoms with van der Waals surface area (Å²) in [5, 5.41) is 11.8. The van der Waals surface area contributed by atoms with E-state index in [1.54, 1.807) is 24.3 Å². The Hall–Kier alpha value is -1.36. The second-order valence-corrected chi connectivity index (χ2v) is 5.18. The maximum atomic E-state index is 12.1. The minimum Gasteiger partial charge on any atom is -0.480 e. The predicted molar refractivity (Wildman–Crippen MR) is 72.6 cm³/mol. The van der Waals surface area contributed by atoms with Gasteiger partial charge in [0, 0.05) is 4.47 Å². The van der Waals surface area contributed by atoms with Crippen LogP contribution in [0, 0.1) is 0 Å². The molecule has 0 aliphatic rings. The van der Waals surface area contributed by atoms with E-state index >= 15 is 0 Å². The van der Waals surface area contributed by atoms with Gasteiger partial charge in [0.15, 0.2) is 0 Å². The first-order chi connectivity index (χ1) is 8.40. The number of nitrogens with one attached hydrogen (secondary N) is 1. The van der Waals surface area contributed by atoms with Gasteiger partial charge in [0.1, 0.15) is 5.54 Å². The van der Waals surface area contributed by atoms with Gasteiger partial charge in [-0.3, -0.25) is 4.79 Å². The molecule has 2 N–H and O–H groups in total. The van der Waals surface area contributed by atoms with Gasteiger partial charge < -0.3 is 10.4 Å². The zero-order chi connectivity index (χ0) is 13.8. The summed E-state index contributed by atoms with van der Waals surface area (Å²) < 4.78 is 0.645. The fourth-order valence-corrected chi connectivity index (χ4v) is 2.15. The molecule has 4 nitrogen and oxygen atoms in total. The molecule has 0 aliphatic carbocycles. The highest BCUT2D eigenvalue weighted by Gasteiger charge is 2.34. The molecule has 0 spiro atoms. The van der Waals surface area contributed by atoms with Crippen LogP contribution in [0.15, 0.2) is 28.7 Å². The van der Waals surface area contributed by atoms with Crippen LogP contribution < -0.4 is 5.32 Å². The van der Waals surface area contributed by atoms with Crippen LogP contribution in [0.4, 0.5) is 0 Å². The van der Waals surface area contributed by atoms with Crippen LogP contribution in [0.3, 0.4) is 0 Å². The summed E-state index contributed by atoms with van der Waals surface area (Å²) in [5.41, 5.74) is -0.803. The number of hydrogen-bond acceptors (Lipinski definition) is 2. The van der Waals surface area contributed by atoms with Gasteiger partial charge in [0.2, 0.25) is 0 Å². The summed E-state index contributed by atoms with van der Waals surface area (Å²) in [7, 11) is 0. The van der Waals surface area contributed by atoms with E-state index in [2.05, 4.69) is 21.2 Å². The SMILES string of the molecule is CCCC(C)(NC(=O)c1ccccc1Br)C(=O)O. The molecule has 1 aromatic carbocycles. The van der Waals surface area contributed by atoms with Crippen molar-refractivity contribution in [3.8, 4) is 0 Å². The zero-order valence-corrected chi connectivity index (χ0v) is 12.0. The van der Waals surface area contributed by atoms with Crippen LogP contribution in [0.25, 0.3) is 0 Å². The first-order valence-electron chi connectivity index (χ1n) is 5.71. The van der Waals surface area contributed by atoms with Crippen molar-refractivity contribution < 1.29 is 14.7 Å². The lowest BCUT2D eigenvalue weighted by Crippen LogP contribution is -2.52. The van der Waals surface area contributed by atoms with E-state index in [-0.39, 0.29) is 5.91 Å². The molecule has 0 fully saturated rings. The van der Waals surface area contributed by atoms with Crippen molar-refractivity contribution in [1.82, 2.24) is 5.32 Å². The molecular weight excluding hydrogens is 298 g/mol. The van der Waals surface area contributed by atoms with E-state index in [1.807, 2.05) is 6.92 Å². The quantitative estimate of drug-likeness (QED) is 0.878. The van der Waals surface area contributed by atoms with E-state index in [4.69, 9.17) is 0 Å². The molecule has 0 radical (unpaired) electrons. The molecule has 1 aromatic rings. The normalized spacial score (nSPS) is 13.7. The topological polar surface area (TPSA) is 66.4 Å². The van der Waals surface area contributed by atoms with Crippen molar-refractivity contribution in [2.24, 2.45) is 0 Å². The van der Waals surface area contributed by atoms with Crippen LogP contribution in [0.5, 0.6) is 0 Å². The lowest BCUT2D eigenvalue weighted by molar-refractivity contribution is -0.144. The van der Waals surface area contributed by atoms with Crippen molar-refractivity contribution in [2.45, 2.75) is 32.2 Å². The lowest BCUT2D eigenvalue weighted by Gasteiger charge is -2.26. The Morgan fingerprint density at radius 1 is 1.39 bits per heavy atom. The van der Waals surface area contributed by atoms with Gasteiger partial charge in [-0.25, -0.2) is 4.79 Å². The molecule has 18 heavy (non-hydrogen) atoms. The number of carbonyl (C=O) groups is 2. The first kappa shape index (κ1) is 14.7. The number of carboxylic acids is 1. The van der Waals surface area contributed by atoms with Crippen molar-refractivity contribution in [1.29, 1.82) is 0 Å². The van der Waals surface area contributed by atoms with Crippen molar-refractivity contribution in [2.75, 3.05) is 0 Å². The average molecular weight is 314 g/mol. The molecule has 1 unspecified atom stereocenters. The molecule has 0 aromatic heterocycles. The number of aliphatic carboxylic acids is 1. The van der Waals surface area contributed by atoms with Crippen molar-refractivity contribution in [3.63, 3.8) is 0 Å². The molecular formula is C13H16BrNO3. The fraction of sp³-hybridized carbons (Fsp3) is 0.385. The third kappa shape index (κ3) is 3.32. The third-order valence-electron chi connectivity index (χ3n) is 2.73. The van der Waals surface area contributed by atoms with Crippen LogP contribution in [-0.2, 0) is 4.79 Å². The number of carboxylic acid groups (broad SMARTS) is 1. The second kappa shape index (κ2) is 6.00. The van der Waals surface area contributed by atoms with Crippen LogP contribution >= 0.6 is 15.9 Å². The minimum atomic E-state index is -1.24. The predicted octanol–water partition coefficient (Wildman–Crippen LogP) is 2.82. The van der Waals surface area contributed by atoms with Gasteiger partial charge in [-0.1, -0.05) is 25.5 Å². The first-order valence-corrected chi connectivity index (χ1v) is 6.50. The average Bonchev–Trinajstić information content (AvgIpc) is 2.29. The molecule has 0 aliphatic heterocycles. The van der Waals surface area contributed by atoms with Crippen molar-refractivity contribution in [3.05, 3.63) is 34.3 Å². The van der Waals surface area contributed by atoms with Gasteiger partial charge in [0.25, 0.3) is 5.91 Å². The molecule has 0 saturated carbocycles. The Kier molecular flexibility index (Phi) is 4.90. The molecule has 1 amide bonds. The molecule has 0 saturated heterocycles. The maximum Gasteiger partial charge on any atom is 0.329 e. The third-order valence-corrected chi connectivity index (χ3v) is 3.42. The Morgan fingerprint density at radius 2 is 2.00 bits per heavy atom. The summed E-state index contributed by atoms with van der Waals surface area (Å²) in [6.07, 6.45) is 1.07. The molecule has 98 valence electrons. The fourth-order valence-electron chi connectivity index (χ4n) is 1.69. The summed E-state index contributed by atoms with van der Waals surface area (Å²) in [6.45, 7) is 3.40. The second-order valence-electron chi connectivity index (χ2n) is 4.32. The van der Waals surface area contributed by atoms with Crippen LogP contribution in [0.1, 0.15) is 37.0 Å². The summed E-state index contributed by atoms with van der Waals surface area (Å²) in [4.78, 5) is 23.3. The van der Waals surface area contributed by atoms with E-state index in [0.29, 0.717) is 22.9 Å². The number of amides is 1. The van der Waals surface area contributed by atoms with E-state index in [1.165, 1.54) is 6.92 Å². The van der Waals surface area contributed by atoms with E-state index in [9.17, 15) is 14.7 Å². The largest absolute Gasteiger partial charge is 0.480 e. The molecule has 5 heteroatoms. The van der Waals surface area contributed by atoms with Gasteiger partial charge >= 0.3 is 5.97 Å². The lowest BCUT2D eigenvalue weighted by atomic mass is 9.96. The highest BCUT2D eigenvalue weighted by atomic mass is 79.9. The Labute approximate surface area is 115 Å².